The van der Waals surface area contributed by atoms with Crippen molar-refractivity contribution in [1.29, 1.82) is 0 Å². The molecule has 0 aromatic heterocycles. The second-order valence-corrected chi connectivity index (χ2v) is 3.85. The molecule has 18 heavy (non-hydrogen) atoms. The maximum atomic E-state index is 5.68. The van der Waals surface area contributed by atoms with Gasteiger partial charge in [0.25, 0.3) is 0 Å². The SMILES string of the molecule is CCCOCCOCCOC(N)COCCCN. The standard InChI is InChI=1S/C12H28N2O4/c1-2-5-15-7-8-16-9-10-18-12(14)11-17-6-3-4-13/h12H,2-11,13-14H2,1H3. The summed E-state index contributed by atoms with van der Waals surface area (Å²) in [6.07, 6.45) is 1.47. The summed E-state index contributed by atoms with van der Waals surface area (Å²) >= 11 is 0. The van der Waals surface area contributed by atoms with Gasteiger partial charge >= 0.3 is 0 Å². The molecule has 1 unspecified atom stereocenters. The Balaban J connectivity index is 3.08. The Labute approximate surface area is 110 Å². The molecule has 0 aromatic carbocycles. The summed E-state index contributed by atoms with van der Waals surface area (Å²) in [5.74, 6) is 0. The minimum Gasteiger partial charge on any atom is -0.379 e. The van der Waals surface area contributed by atoms with E-state index >= 15 is 0 Å². The predicted molar refractivity (Wildman–Crippen MR) is 70.3 cm³/mol. The van der Waals surface area contributed by atoms with Crippen molar-refractivity contribution < 1.29 is 18.9 Å². The molecule has 0 rings (SSSR count). The number of ether oxygens (including phenoxy) is 4. The second-order valence-electron chi connectivity index (χ2n) is 3.85. The Morgan fingerprint density at radius 3 is 2.22 bits per heavy atom. The van der Waals surface area contributed by atoms with E-state index in [9.17, 15) is 0 Å². The van der Waals surface area contributed by atoms with Gasteiger partial charge in [-0.05, 0) is 19.4 Å². The molecule has 4 N–H and O–H groups in total. The van der Waals surface area contributed by atoms with Crippen LogP contribution in [0.4, 0.5) is 0 Å². The monoisotopic (exact) mass is 264 g/mol. The van der Waals surface area contributed by atoms with Crippen LogP contribution in [0.25, 0.3) is 0 Å². The van der Waals surface area contributed by atoms with Gasteiger partial charge in [0.2, 0.25) is 0 Å². The zero-order valence-corrected chi connectivity index (χ0v) is 11.4. The third-order valence-corrected chi connectivity index (χ3v) is 2.05. The van der Waals surface area contributed by atoms with E-state index in [4.69, 9.17) is 30.4 Å². The van der Waals surface area contributed by atoms with Gasteiger partial charge in [-0.1, -0.05) is 6.92 Å². The molecule has 0 saturated carbocycles. The summed E-state index contributed by atoms with van der Waals surface area (Å²) in [4.78, 5) is 0. The quantitative estimate of drug-likeness (QED) is 0.341. The Bertz CT molecular complexity index is 161. The summed E-state index contributed by atoms with van der Waals surface area (Å²) in [5, 5.41) is 0. The van der Waals surface area contributed by atoms with Crippen molar-refractivity contribution in [2.24, 2.45) is 11.5 Å². The zero-order chi connectivity index (χ0) is 13.5. The molecule has 0 bridgehead atoms. The molecule has 0 amide bonds. The summed E-state index contributed by atoms with van der Waals surface area (Å²) < 4.78 is 21.1. The van der Waals surface area contributed by atoms with Crippen LogP contribution in [0, 0.1) is 0 Å². The number of rotatable bonds is 14. The van der Waals surface area contributed by atoms with Crippen molar-refractivity contribution >= 4 is 0 Å². The van der Waals surface area contributed by atoms with E-state index in [1.54, 1.807) is 0 Å². The van der Waals surface area contributed by atoms with Gasteiger partial charge < -0.3 is 30.4 Å². The first-order chi connectivity index (χ1) is 8.81. The largest absolute Gasteiger partial charge is 0.379 e. The fourth-order valence-corrected chi connectivity index (χ4v) is 1.16. The lowest BCUT2D eigenvalue weighted by Crippen LogP contribution is -2.31. The molecule has 0 heterocycles. The van der Waals surface area contributed by atoms with E-state index in [0.29, 0.717) is 46.2 Å². The predicted octanol–water partition coefficient (Wildman–Crippen LogP) is 0.0964. The third-order valence-electron chi connectivity index (χ3n) is 2.05. The van der Waals surface area contributed by atoms with Crippen molar-refractivity contribution in [1.82, 2.24) is 0 Å². The molecule has 6 nitrogen and oxygen atoms in total. The molecule has 1 atom stereocenters. The van der Waals surface area contributed by atoms with Gasteiger partial charge in [0.05, 0.1) is 33.0 Å². The normalized spacial score (nSPS) is 12.8. The van der Waals surface area contributed by atoms with Gasteiger partial charge in [-0.15, -0.1) is 0 Å². The van der Waals surface area contributed by atoms with Crippen LogP contribution in [0.2, 0.25) is 0 Å². The lowest BCUT2D eigenvalue weighted by Gasteiger charge is -2.13. The molecule has 0 saturated heterocycles. The molecule has 0 aliphatic heterocycles. The van der Waals surface area contributed by atoms with E-state index in [-0.39, 0.29) is 0 Å². The van der Waals surface area contributed by atoms with Crippen LogP contribution in [-0.4, -0.2) is 59.0 Å². The van der Waals surface area contributed by atoms with E-state index in [1.165, 1.54) is 0 Å². The molecular formula is C12H28N2O4. The first-order valence-electron chi connectivity index (χ1n) is 6.61. The Hall–Kier alpha value is -0.240. The fourth-order valence-electron chi connectivity index (χ4n) is 1.16. The molecule has 0 fully saturated rings. The Morgan fingerprint density at radius 1 is 0.889 bits per heavy atom. The van der Waals surface area contributed by atoms with E-state index in [1.807, 2.05) is 0 Å². The van der Waals surface area contributed by atoms with Crippen LogP contribution in [0.3, 0.4) is 0 Å². The van der Waals surface area contributed by atoms with Crippen LogP contribution in [0.1, 0.15) is 19.8 Å². The van der Waals surface area contributed by atoms with Gasteiger partial charge in [-0.25, -0.2) is 0 Å². The van der Waals surface area contributed by atoms with Crippen molar-refractivity contribution in [3.05, 3.63) is 0 Å². The number of nitrogens with two attached hydrogens (primary N) is 2. The van der Waals surface area contributed by atoms with E-state index in [0.717, 1.165) is 19.4 Å². The average Bonchev–Trinajstić information content (AvgIpc) is 2.38. The zero-order valence-electron chi connectivity index (χ0n) is 11.4. The molecule has 0 aliphatic rings. The second kappa shape index (κ2) is 14.8. The smallest absolute Gasteiger partial charge is 0.129 e. The van der Waals surface area contributed by atoms with Crippen molar-refractivity contribution in [2.45, 2.75) is 26.0 Å². The third kappa shape index (κ3) is 13.8. The topological polar surface area (TPSA) is 89.0 Å². The Kier molecular flexibility index (Phi) is 14.6. The highest BCUT2D eigenvalue weighted by Crippen LogP contribution is 1.88. The molecular weight excluding hydrogens is 236 g/mol. The summed E-state index contributed by atoms with van der Waals surface area (Å²) in [7, 11) is 0. The van der Waals surface area contributed by atoms with Crippen molar-refractivity contribution in [3.63, 3.8) is 0 Å². The average molecular weight is 264 g/mol. The summed E-state index contributed by atoms with van der Waals surface area (Å²) in [6, 6.07) is 0. The lowest BCUT2D eigenvalue weighted by atomic mass is 10.5. The van der Waals surface area contributed by atoms with Gasteiger partial charge in [0.1, 0.15) is 6.23 Å². The molecule has 0 radical (unpaired) electrons. The molecule has 6 heteroatoms. The minimum atomic E-state index is -0.400. The molecule has 0 aromatic rings. The fraction of sp³-hybridized carbons (Fsp3) is 1.00. The van der Waals surface area contributed by atoms with Gasteiger partial charge in [-0.2, -0.15) is 0 Å². The van der Waals surface area contributed by atoms with Crippen LogP contribution in [0.15, 0.2) is 0 Å². The molecule has 0 spiro atoms. The molecule has 0 aliphatic carbocycles. The highest BCUT2D eigenvalue weighted by atomic mass is 16.6. The first kappa shape index (κ1) is 17.8. The van der Waals surface area contributed by atoms with Gasteiger partial charge in [0.15, 0.2) is 0 Å². The van der Waals surface area contributed by atoms with Gasteiger partial charge in [0, 0.05) is 13.2 Å². The van der Waals surface area contributed by atoms with Crippen molar-refractivity contribution in [3.8, 4) is 0 Å². The van der Waals surface area contributed by atoms with E-state index < -0.39 is 6.23 Å². The maximum absolute atomic E-state index is 5.68. The minimum absolute atomic E-state index is 0.389. The molecule has 110 valence electrons. The van der Waals surface area contributed by atoms with Crippen LogP contribution < -0.4 is 11.5 Å². The number of hydrogen-bond donors (Lipinski definition) is 2. The summed E-state index contributed by atoms with van der Waals surface area (Å²) in [6.45, 7) is 6.70. The number of hydrogen-bond acceptors (Lipinski definition) is 6. The Morgan fingerprint density at radius 2 is 1.56 bits per heavy atom. The highest BCUT2D eigenvalue weighted by Gasteiger charge is 2.01. The lowest BCUT2D eigenvalue weighted by molar-refractivity contribution is -0.0412. The van der Waals surface area contributed by atoms with E-state index in [2.05, 4.69) is 6.92 Å². The highest BCUT2D eigenvalue weighted by molar-refractivity contribution is 4.46. The van der Waals surface area contributed by atoms with Gasteiger partial charge in [-0.3, -0.25) is 0 Å². The van der Waals surface area contributed by atoms with Crippen LogP contribution >= 0.6 is 0 Å². The first-order valence-corrected chi connectivity index (χ1v) is 6.61. The maximum Gasteiger partial charge on any atom is 0.129 e. The van der Waals surface area contributed by atoms with Crippen LogP contribution in [0.5, 0.6) is 0 Å². The van der Waals surface area contributed by atoms with Crippen LogP contribution in [-0.2, 0) is 18.9 Å². The summed E-state index contributed by atoms with van der Waals surface area (Å²) in [5.41, 5.74) is 11.0. The van der Waals surface area contributed by atoms with Crippen molar-refractivity contribution in [2.75, 3.05) is 52.8 Å².